The molecule has 3 N–H and O–H groups in total. The summed E-state index contributed by atoms with van der Waals surface area (Å²) in [5.74, 6) is 5.35. The Bertz CT molecular complexity index is 388. The number of hydrogen-bond acceptors (Lipinski definition) is 3. The smallest absolute Gasteiger partial charge is 0.254 e. The quantitative estimate of drug-likeness (QED) is 0.604. The fourth-order valence-corrected chi connectivity index (χ4v) is 1.42. The van der Waals surface area contributed by atoms with Crippen LogP contribution in [0.1, 0.15) is 29.8 Å². The van der Waals surface area contributed by atoms with Gasteiger partial charge in [0.1, 0.15) is 0 Å². The number of aryl methyl sites for hydroxylation is 1. The number of anilines is 1. The Morgan fingerprint density at radius 1 is 1.44 bits per heavy atom. The molecule has 0 aromatic heterocycles. The molecule has 0 bridgehead atoms. The summed E-state index contributed by atoms with van der Waals surface area (Å²) in [6.07, 6.45) is 0. The van der Waals surface area contributed by atoms with Crippen molar-refractivity contribution in [3.8, 4) is 0 Å². The molecule has 1 rings (SSSR count). The molecule has 0 radical (unpaired) electrons. The lowest BCUT2D eigenvalue weighted by atomic mass is 10.1. The predicted octanol–water partition coefficient (Wildman–Crippen LogP) is 1.76. The third kappa shape index (κ3) is 2.52. The molecule has 88 valence electrons. The van der Waals surface area contributed by atoms with E-state index in [1.807, 2.05) is 33.9 Å². The van der Waals surface area contributed by atoms with Crippen LogP contribution in [0.25, 0.3) is 0 Å². The second-order valence-corrected chi connectivity index (χ2v) is 4.18. The number of nitrogens with one attached hydrogen (secondary N) is 1. The number of hydrogen-bond donors (Lipinski definition) is 2. The number of rotatable bonds is 3. The highest BCUT2D eigenvalue weighted by molar-refractivity contribution is 5.96. The van der Waals surface area contributed by atoms with Gasteiger partial charge < -0.3 is 10.3 Å². The van der Waals surface area contributed by atoms with Gasteiger partial charge in [0, 0.05) is 24.3 Å². The van der Waals surface area contributed by atoms with Crippen molar-refractivity contribution in [1.29, 1.82) is 0 Å². The molecule has 0 unspecified atom stereocenters. The summed E-state index contributed by atoms with van der Waals surface area (Å²) >= 11 is 0. The van der Waals surface area contributed by atoms with E-state index in [9.17, 15) is 4.79 Å². The molecule has 0 atom stereocenters. The van der Waals surface area contributed by atoms with Crippen LogP contribution in [0.5, 0.6) is 0 Å². The molecule has 0 heterocycles. The Hall–Kier alpha value is -1.55. The van der Waals surface area contributed by atoms with Crippen molar-refractivity contribution in [3.05, 3.63) is 29.3 Å². The fourth-order valence-electron chi connectivity index (χ4n) is 1.42. The summed E-state index contributed by atoms with van der Waals surface area (Å²) in [5.41, 5.74) is 5.01. The first-order chi connectivity index (χ1) is 7.47. The van der Waals surface area contributed by atoms with Gasteiger partial charge in [-0.2, -0.15) is 0 Å². The monoisotopic (exact) mass is 221 g/mol. The molecule has 4 nitrogen and oxygen atoms in total. The van der Waals surface area contributed by atoms with Crippen molar-refractivity contribution in [3.63, 3.8) is 0 Å². The lowest BCUT2D eigenvalue weighted by molar-refractivity contribution is 0.0754. The number of carbonyl (C=O) groups excluding carboxylic acids is 1. The maximum Gasteiger partial charge on any atom is 0.254 e. The van der Waals surface area contributed by atoms with Crippen LogP contribution in [-0.2, 0) is 0 Å². The highest BCUT2D eigenvalue weighted by Gasteiger charge is 2.16. The normalized spacial score (nSPS) is 10.4. The summed E-state index contributed by atoms with van der Waals surface area (Å²) in [6.45, 7) is 5.88. The van der Waals surface area contributed by atoms with E-state index in [1.54, 1.807) is 17.0 Å². The van der Waals surface area contributed by atoms with Crippen LogP contribution in [-0.4, -0.2) is 23.9 Å². The van der Waals surface area contributed by atoms with Crippen LogP contribution in [0.2, 0.25) is 0 Å². The number of carbonyl (C=O) groups is 1. The lowest BCUT2D eigenvalue weighted by Crippen LogP contribution is -2.33. The molecule has 0 aliphatic carbocycles. The fraction of sp³-hybridized carbons (Fsp3) is 0.417. The second kappa shape index (κ2) is 4.99. The van der Waals surface area contributed by atoms with Crippen LogP contribution in [0, 0.1) is 6.92 Å². The maximum absolute atomic E-state index is 12.1. The average Bonchev–Trinajstić information content (AvgIpc) is 2.26. The van der Waals surface area contributed by atoms with Crippen LogP contribution in [0.3, 0.4) is 0 Å². The number of nitrogens with two attached hydrogens (primary N) is 1. The van der Waals surface area contributed by atoms with Gasteiger partial charge in [0.25, 0.3) is 5.91 Å². The van der Waals surface area contributed by atoms with E-state index in [0.29, 0.717) is 0 Å². The van der Waals surface area contributed by atoms with Gasteiger partial charge in [-0.3, -0.25) is 10.6 Å². The number of nitrogens with zero attached hydrogens (tertiary/aromatic N) is 1. The van der Waals surface area contributed by atoms with Crippen molar-refractivity contribution in [2.45, 2.75) is 26.8 Å². The van der Waals surface area contributed by atoms with Gasteiger partial charge in [0.2, 0.25) is 0 Å². The number of hydrazine groups is 1. The van der Waals surface area contributed by atoms with E-state index >= 15 is 0 Å². The Labute approximate surface area is 96.4 Å². The molecule has 1 aromatic rings. The average molecular weight is 221 g/mol. The number of amides is 1. The van der Waals surface area contributed by atoms with Gasteiger partial charge >= 0.3 is 0 Å². The summed E-state index contributed by atoms with van der Waals surface area (Å²) < 4.78 is 0. The zero-order valence-corrected chi connectivity index (χ0v) is 10.2. The van der Waals surface area contributed by atoms with Gasteiger partial charge in [-0.15, -0.1) is 0 Å². The molecule has 1 aromatic carbocycles. The minimum absolute atomic E-state index is 0.0380. The van der Waals surface area contributed by atoms with E-state index < -0.39 is 0 Å². The standard InChI is InChI=1S/C12H19N3O/c1-8(2)15(4)12(16)11-6-5-10(14-13)7-9(11)3/h5-8,14H,13H2,1-4H3. The first-order valence-corrected chi connectivity index (χ1v) is 5.31. The third-order valence-corrected chi connectivity index (χ3v) is 2.72. The Kier molecular flexibility index (Phi) is 3.90. The largest absolute Gasteiger partial charge is 0.339 e. The maximum atomic E-state index is 12.1. The van der Waals surface area contributed by atoms with E-state index in [0.717, 1.165) is 16.8 Å². The summed E-state index contributed by atoms with van der Waals surface area (Å²) in [4.78, 5) is 13.8. The second-order valence-electron chi connectivity index (χ2n) is 4.18. The zero-order valence-electron chi connectivity index (χ0n) is 10.2. The van der Waals surface area contributed by atoms with Crippen molar-refractivity contribution in [1.82, 2.24) is 4.90 Å². The Morgan fingerprint density at radius 2 is 2.06 bits per heavy atom. The van der Waals surface area contributed by atoms with Crippen molar-refractivity contribution in [2.75, 3.05) is 12.5 Å². The highest BCUT2D eigenvalue weighted by Crippen LogP contribution is 2.16. The molecular formula is C12H19N3O. The Morgan fingerprint density at radius 3 is 2.50 bits per heavy atom. The topological polar surface area (TPSA) is 58.4 Å². The number of nitrogen functional groups attached to an aromatic ring is 1. The molecule has 0 fully saturated rings. The minimum atomic E-state index is 0.0380. The summed E-state index contributed by atoms with van der Waals surface area (Å²) in [6, 6.07) is 5.65. The van der Waals surface area contributed by atoms with E-state index in [-0.39, 0.29) is 11.9 Å². The summed E-state index contributed by atoms with van der Waals surface area (Å²) in [7, 11) is 1.81. The van der Waals surface area contributed by atoms with Crippen molar-refractivity contribution >= 4 is 11.6 Å². The van der Waals surface area contributed by atoms with E-state index in [2.05, 4.69) is 5.43 Å². The molecule has 0 saturated heterocycles. The zero-order chi connectivity index (χ0) is 12.3. The third-order valence-electron chi connectivity index (χ3n) is 2.72. The number of benzene rings is 1. The van der Waals surface area contributed by atoms with Crippen LogP contribution >= 0.6 is 0 Å². The van der Waals surface area contributed by atoms with Gasteiger partial charge in [-0.25, -0.2) is 0 Å². The van der Waals surface area contributed by atoms with Crippen LogP contribution in [0.4, 0.5) is 5.69 Å². The van der Waals surface area contributed by atoms with Crippen molar-refractivity contribution in [2.24, 2.45) is 5.84 Å². The molecule has 1 amide bonds. The van der Waals surface area contributed by atoms with Crippen LogP contribution in [0.15, 0.2) is 18.2 Å². The van der Waals surface area contributed by atoms with E-state index in [1.165, 1.54) is 0 Å². The van der Waals surface area contributed by atoms with Gasteiger partial charge in [0.05, 0.1) is 0 Å². The van der Waals surface area contributed by atoms with Gasteiger partial charge in [-0.05, 0) is 44.5 Å². The molecule has 0 aliphatic rings. The molecule has 4 heteroatoms. The Balaban J connectivity index is 3.01. The molecule has 0 saturated carbocycles. The highest BCUT2D eigenvalue weighted by atomic mass is 16.2. The summed E-state index contributed by atoms with van der Waals surface area (Å²) in [5, 5.41) is 0. The van der Waals surface area contributed by atoms with Crippen molar-refractivity contribution < 1.29 is 4.79 Å². The lowest BCUT2D eigenvalue weighted by Gasteiger charge is -2.22. The van der Waals surface area contributed by atoms with Gasteiger partial charge in [0.15, 0.2) is 0 Å². The van der Waals surface area contributed by atoms with Gasteiger partial charge in [-0.1, -0.05) is 0 Å². The molecular weight excluding hydrogens is 202 g/mol. The predicted molar refractivity (Wildman–Crippen MR) is 66.2 cm³/mol. The molecule has 16 heavy (non-hydrogen) atoms. The first kappa shape index (κ1) is 12.5. The first-order valence-electron chi connectivity index (χ1n) is 5.31. The molecule has 0 aliphatic heterocycles. The van der Waals surface area contributed by atoms with E-state index in [4.69, 9.17) is 5.84 Å². The minimum Gasteiger partial charge on any atom is -0.339 e. The molecule has 0 spiro atoms. The SMILES string of the molecule is Cc1cc(NN)ccc1C(=O)N(C)C(C)C. The van der Waals surface area contributed by atoms with Crippen LogP contribution < -0.4 is 11.3 Å².